The van der Waals surface area contributed by atoms with Crippen LogP contribution in [0.2, 0.25) is 0 Å². The van der Waals surface area contributed by atoms with Crippen molar-refractivity contribution >= 4 is 37.8 Å². The van der Waals surface area contributed by atoms with E-state index in [9.17, 15) is 18.0 Å². The van der Waals surface area contributed by atoms with Crippen LogP contribution in [0.5, 0.6) is 0 Å². The number of carbonyl (C=O) groups is 1. The first kappa shape index (κ1) is 21.5. The number of nitrogens with one attached hydrogen (secondary N) is 4. The lowest BCUT2D eigenvalue weighted by molar-refractivity contribution is 0.0502. The molecule has 1 aromatic carbocycles. The summed E-state index contributed by atoms with van der Waals surface area (Å²) in [5.74, 6) is -0.548. The molecule has 0 atom stereocenters. The Morgan fingerprint density at radius 2 is 2.03 bits per heavy atom. The number of aromatic amines is 2. The van der Waals surface area contributed by atoms with Crippen molar-refractivity contribution in [3.05, 3.63) is 40.3 Å². The fraction of sp³-hybridized carbons (Fsp3) is 0.429. The summed E-state index contributed by atoms with van der Waals surface area (Å²) in [5, 5.41) is 4.03. The van der Waals surface area contributed by atoms with Crippen LogP contribution < -0.4 is 15.6 Å². The maximum absolute atomic E-state index is 13.0. The summed E-state index contributed by atoms with van der Waals surface area (Å²) in [5.41, 5.74) is 0.470. The minimum atomic E-state index is -3.76. The molecule has 1 aliphatic rings. The van der Waals surface area contributed by atoms with Gasteiger partial charge in [0, 0.05) is 28.5 Å². The minimum absolute atomic E-state index is 0.0818. The van der Waals surface area contributed by atoms with Crippen molar-refractivity contribution < 1.29 is 17.9 Å². The SMILES string of the molecule is CCCCOC(=O)c1c[nH]c2c(=O)[nH]c3ccc(S(=O)(=O)NC4CCNCC4)cc3c12. The lowest BCUT2D eigenvalue weighted by Gasteiger charge is -2.23. The molecule has 166 valence electrons. The van der Waals surface area contributed by atoms with Crippen LogP contribution in [0.4, 0.5) is 0 Å². The smallest absolute Gasteiger partial charge is 0.340 e. The topological polar surface area (TPSA) is 133 Å². The molecule has 3 aromatic rings. The van der Waals surface area contributed by atoms with Gasteiger partial charge in [0.25, 0.3) is 5.56 Å². The summed E-state index contributed by atoms with van der Waals surface area (Å²) < 4.78 is 34.0. The van der Waals surface area contributed by atoms with E-state index < -0.39 is 21.6 Å². The van der Waals surface area contributed by atoms with E-state index >= 15 is 0 Å². The van der Waals surface area contributed by atoms with Crippen molar-refractivity contribution in [2.24, 2.45) is 0 Å². The Bertz CT molecular complexity index is 1270. The van der Waals surface area contributed by atoms with Crippen LogP contribution in [-0.2, 0) is 14.8 Å². The van der Waals surface area contributed by atoms with E-state index in [1.54, 1.807) is 6.07 Å². The first-order valence-electron chi connectivity index (χ1n) is 10.5. The molecule has 0 spiro atoms. The Kier molecular flexibility index (Phi) is 6.12. The van der Waals surface area contributed by atoms with Crippen molar-refractivity contribution in [1.29, 1.82) is 0 Å². The highest BCUT2D eigenvalue weighted by molar-refractivity contribution is 7.89. The first-order valence-corrected chi connectivity index (χ1v) is 12.0. The number of hydrogen-bond acceptors (Lipinski definition) is 6. The predicted octanol–water partition coefficient (Wildman–Crippen LogP) is 2.00. The van der Waals surface area contributed by atoms with Crippen molar-refractivity contribution in [1.82, 2.24) is 20.0 Å². The number of fused-ring (bicyclic) bond motifs is 3. The highest BCUT2D eigenvalue weighted by Crippen LogP contribution is 2.27. The van der Waals surface area contributed by atoms with E-state index in [0.29, 0.717) is 16.3 Å². The molecule has 0 bridgehead atoms. The Hall–Kier alpha value is -2.69. The van der Waals surface area contributed by atoms with E-state index in [0.717, 1.165) is 38.8 Å². The second-order valence-electron chi connectivity index (χ2n) is 7.75. The maximum Gasteiger partial charge on any atom is 0.340 e. The minimum Gasteiger partial charge on any atom is -0.462 e. The van der Waals surface area contributed by atoms with Gasteiger partial charge in [0.15, 0.2) is 0 Å². The monoisotopic (exact) mass is 446 g/mol. The second kappa shape index (κ2) is 8.81. The molecule has 3 heterocycles. The largest absolute Gasteiger partial charge is 0.462 e. The Morgan fingerprint density at radius 1 is 1.26 bits per heavy atom. The average molecular weight is 447 g/mol. The molecule has 0 radical (unpaired) electrons. The van der Waals surface area contributed by atoms with E-state index in [1.165, 1.54) is 18.3 Å². The van der Waals surface area contributed by atoms with Gasteiger partial charge in [0.1, 0.15) is 5.52 Å². The van der Waals surface area contributed by atoms with Gasteiger partial charge >= 0.3 is 5.97 Å². The summed E-state index contributed by atoms with van der Waals surface area (Å²) in [6.07, 6.45) is 4.49. The molecule has 31 heavy (non-hydrogen) atoms. The molecule has 0 saturated carbocycles. The normalized spacial score (nSPS) is 15.5. The van der Waals surface area contributed by atoms with Crippen LogP contribution in [0, 0.1) is 0 Å². The van der Waals surface area contributed by atoms with E-state index in [-0.39, 0.29) is 28.6 Å². The number of hydrogen-bond donors (Lipinski definition) is 4. The quantitative estimate of drug-likeness (QED) is 0.324. The third-order valence-corrected chi connectivity index (χ3v) is 7.06. The van der Waals surface area contributed by atoms with Crippen LogP contribution in [0.15, 0.2) is 34.1 Å². The zero-order valence-electron chi connectivity index (χ0n) is 17.3. The lowest BCUT2D eigenvalue weighted by atomic mass is 10.1. The highest BCUT2D eigenvalue weighted by Gasteiger charge is 2.24. The summed E-state index contributed by atoms with van der Waals surface area (Å²) in [6, 6.07) is 4.37. The van der Waals surface area contributed by atoms with Crippen molar-refractivity contribution in [3.8, 4) is 0 Å². The Balaban J connectivity index is 1.78. The third-order valence-electron chi connectivity index (χ3n) is 5.54. The number of unbranched alkanes of at least 4 members (excludes halogenated alkanes) is 1. The summed E-state index contributed by atoms with van der Waals surface area (Å²) >= 11 is 0. The molecular formula is C21H26N4O5S. The van der Waals surface area contributed by atoms with Crippen LogP contribution >= 0.6 is 0 Å². The highest BCUT2D eigenvalue weighted by atomic mass is 32.2. The molecule has 1 fully saturated rings. The zero-order chi connectivity index (χ0) is 22.0. The molecule has 0 unspecified atom stereocenters. The third kappa shape index (κ3) is 4.36. The number of carbonyl (C=O) groups excluding carboxylic acids is 1. The first-order chi connectivity index (χ1) is 14.9. The van der Waals surface area contributed by atoms with Crippen LogP contribution in [0.3, 0.4) is 0 Å². The summed E-state index contributed by atoms with van der Waals surface area (Å²) in [7, 11) is -3.76. The van der Waals surface area contributed by atoms with E-state index in [2.05, 4.69) is 20.0 Å². The average Bonchev–Trinajstić information content (AvgIpc) is 3.20. The van der Waals surface area contributed by atoms with Crippen molar-refractivity contribution in [2.75, 3.05) is 19.7 Å². The molecule has 4 N–H and O–H groups in total. The number of ether oxygens (including phenoxy) is 1. The number of pyridine rings is 1. The molecule has 1 saturated heterocycles. The van der Waals surface area contributed by atoms with Gasteiger partial charge in [-0.2, -0.15) is 0 Å². The lowest BCUT2D eigenvalue weighted by Crippen LogP contribution is -2.42. The summed E-state index contributed by atoms with van der Waals surface area (Å²) in [4.78, 5) is 30.7. The van der Waals surface area contributed by atoms with Gasteiger partial charge in [0.2, 0.25) is 10.0 Å². The molecule has 9 nitrogen and oxygen atoms in total. The van der Waals surface area contributed by atoms with Crippen LogP contribution in [-0.4, -0.2) is 50.1 Å². The van der Waals surface area contributed by atoms with Crippen LogP contribution in [0.1, 0.15) is 43.0 Å². The number of H-pyrrole nitrogens is 2. The van der Waals surface area contributed by atoms with Crippen LogP contribution in [0.25, 0.3) is 21.8 Å². The van der Waals surface area contributed by atoms with Crippen molar-refractivity contribution in [2.45, 2.75) is 43.5 Å². The second-order valence-corrected chi connectivity index (χ2v) is 9.46. The molecular weight excluding hydrogens is 420 g/mol. The van der Waals surface area contributed by atoms with Gasteiger partial charge in [0.05, 0.1) is 17.1 Å². The zero-order valence-corrected chi connectivity index (χ0v) is 18.1. The van der Waals surface area contributed by atoms with Gasteiger partial charge in [-0.15, -0.1) is 0 Å². The molecule has 1 aliphatic heterocycles. The van der Waals surface area contributed by atoms with Gasteiger partial charge < -0.3 is 20.0 Å². The molecule has 0 amide bonds. The number of esters is 1. The van der Waals surface area contributed by atoms with Crippen molar-refractivity contribution in [3.63, 3.8) is 0 Å². The predicted molar refractivity (Wildman–Crippen MR) is 118 cm³/mol. The molecule has 4 rings (SSSR count). The number of aromatic nitrogens is 2. The number of benzene rings is 1. The maximum atomic E-state index is 13.0. The number of sulfonamides is 1. The van der Waals surface area contributed by atoms with Gasteiger partial charge in [-0.3, -0.25) is 4.79 Å². The van der Waals surface area contributed by atoms with Gasteiger partial charge in [-0.1, -0.05) is 13.3 Å². The standard InChI is InChI=1S/C21H26N4O5S/c1-2-3-10-30-21(27)16-12-23-19-18(16)15-11-14(4-5-17(15)24-20(19)26)31(28,29)25-13-6-8-22-9-7-13/h4-5,11-13,22-23,25H,2-3,6-10H2,1H3,(H,24,26). The summed E-state index contributed by atoms with van der Waals surface area (Å²) in [6.45, 7) is 3.80. The van der Waals surface area contributed by atoms with Gasteiger partial charge in [-0.25, -0.2) is 17.9 Å². The van der Waals surface area contributed by atoms with E-state index in [4.69, 9.17) is 4.74 Å². The molecule has 10 heteroatoms. The number of piperidine rings is 1. The fourth-order valence-electron chi connectivity index (χ4n) is 3.85. The fourth-order valence-corrected chi connectivity index (χ4v) is 5.18. The molecule has 2 aromatic heterocycles. The number of rotatable bonds is 7. The Labute approximate surface area is 179 Å². The molecule has 0 aliphatic carbocycles. The van der Waals surface area contributed by atoms with E-state index in [1.807, 2.05) is 6.92 Å². The van der Waals surface area contributed by atoms with Gasteiger partial charge in [-0.05, 0) is 50.6 Å². The Morgan fingerprint density at radius 3 is 2.77 bits per heavy atom.